The van der Waals surface area contributed by atoms with Gasteiger partial charge in [0.2, 0.25) is 10.0 Å². The SMILES string of the molecule is CCNC(=NCC(O)c1ccc(OC(F)F)cc1)NCCCNS(=O)(=O)CC. The monoisotopic (exact) mass is 422 g/mol. The maximum Gasteiger partial charge on any atom is 0.387 e. The highest BCUT2D eigenvalue weighted by Crippen LogP contribution is 2.19. The Morgan fingerprint density at radius 3 is 2.43 bits per heavy atom. The van der Waals surface area contributed by atoms with E-state index in [1.807, 2.05) is 6.92 Å². The molecule has 1 aromatic carbocycles. The largest absolute Gasteiger partial charge is 0.435 e. The molecule has 0 spiro atoms. The molecule has 1 atom stereocenters. The van der Waals surface area contributed by atoms with Crippen molar-refractivity contribution >= 4 is 16.0 Å². The topological polar surface area (TPSA) is 112 Å². The molecule has 1 rings (SSSR count). The van der Waals surface area contributed by atoms with E-state index >= 15 is 0 Å². The molecule has 0 aliphatic carbocycles. The van der Waals surface area contributed by atoms with E-state index in [-0.39, 0.29) is 18.0 Å². The van der Waals surface area contributed by atoms with E-state index in [1.165, 1.54) is 24.3 Å². The third-order valence-corrected chi connectivity index (χ3v) is 5.01. The van der Waals surface area contributed by atoms with E-state index in [1.54, 1.807) is 6.92 Å². The summed E-state index contributed by atoms with van der Waals surface area (Å²) in [4.78, 5) is 4.28. The maximum atomic E-state index is 12.2. The molecular formula is C17H28F2N4O4S. The number of aliphatic hydroxyl groups excluding tert-OH is 1. The summed E-state index contributed by atoms with van der Waals surface area (Å²) in [5.41, 5.74) is 0.523. The first kappa shape index (κ1) is 24.1. The first-order valence-electron chi connectivity index (χ1n) is 8.99. The van der Waals surface area contributed by atoms with Gasteiger partial charge in [0.15, 0.2) is 5.96 Å². The van der Waals surface area contributed by atoms with Crippen molar-refractivity contribution in [1.29, 1.82) is 0 Å². The fraction of sp³-hybridized carbons (Fsp3) is 0.588. The van der Waals surface area contributed by atoms with Crippen LogP contribution in [0.2, 0.25) is 0 Å². The minimum absolute atomic E-state index is 0.0168. The molecule has 11 heteroatoms. The summed E-state index contributed by atoms with van der Waals surface area (Å²) in [6.45, 7) is 2.06. The number of hydrogen-bond donors (Lipinski definition) is 4. The highest BCUT2D eigenvalue weighted by atomic mass is 32.2. The van der Waals surface area contributed by atoms with E-state index in [2.05, 4.69) is 25.1 Å². The van der Waals surface area contributed by atoms with Crippen LogP contribution >= 0.6 is 0 Å². The Kier molecular flexibility index (Phi) is 10.7. The number of guanidine groups is 1. The van der Waals surface area contributed by atoms with Gasteiger partial charge in [-0.3, -0.25) is 4.99 Å². The van der Waals surface area contributed by atoms with E-state index in [0.717, 1.165) is 0 Å². The Hall–Kier alpha value is -1.98. The van der Waals surface area contributed by atoms with Crippen LogP contribution in [0.3, 0.4) is 0 Å². The van der Waals surface area contributed by atoms with Crippen LogP contribution in [-0.2, 0) is 10.0 Å². The molecular weight excluding hydrogens is 394 g/mol. The molecule has 8 nitrogen and oxygen atoms in total. The molecule has 0 radical (unpaired) electrons. The summed E-state index contributed by atoms with van der Waals surface area (Å²) in [5, 5.41) is 16.3. The lowest BCUT2D eigenvalue weighted by atomic mass is 10.1. The lowest BCUT2D eigenvalue weighted by Gasteiger charge is -2.14. The number of sulfonamides is 1. The molecule has 0 saturated carbocycles. The van der Waals surface area contributed by atoms with Crippen LogP contribution < -0.4 is 20.1 Å². The molecule has 1 unspecified atom stereocenters. The number of hydrogen-bond acceptors (Lipinski definition) is 5. The molecule has 0 aliphatic rings. The number of rotatable bonds is 12. The molecule has 0 heterocycles. The fourth-order valence-electron chi connectivity index (χ4n) is 2.12. The standard InChI is InChI=1S/C17H28F2N4O4S/c1-3-20-17(21-10-5-11-23-28(25,26)4-2)22-12-15(24)13-6-8-14(9-7-13)27-16(18)19/h6-9,15-16,23-24H,3-5,10-12H2,1-2H3,(H2,20,21,22). The van der Waals surface area contributed by atoms with Crippen molar-refractivity contribution in [3.63, 3.8) is 0 Å². The average molecular weight is 422 g/mol. The van der Waals surface area contributed by atoms with Gasteiger partial charge in [-0.2, -0.15) is 8.78 Å². The number of halogens is 2. The molecule has 0 saturated heterocycles. The van der Waals surface area contributed by atoms with Crippen molar-refractivity contribution in [1.82, 2.24) is 15.4 Å². The predicted octanol–water partition coefficient (Wildman–Crippen LogP) is 1.21. The Morgan fingerprint density at radius 1 is 1.18 bits per heavy atom. The zero-order valence-corrected chi connectivity index (χ0v) is 16.8. The highest BCUT2D eigenvalue weighted by molar-refractivity contribution is 7.89. The normalized spacial score (nSPS) is 13.4. The summed E-state index contributed by atoms with van der Waals surface area (Å²) in [7, 11) is -3.20. The van der Waals surface area contributed by atoms with Gasteiger partial charge in [-0.05, 0) is 38.0 Å². The summed E-state index contributed by atoms with van der Waals surface area (Å²) in [6.07, 6.45) is -0.343. The third-order valence-electron chi connectivity index (χ3n) is 3.60. The van der Waals surface area contributed by atoms with Gasteiger partial charge in [-0.25, -0.2) is 13.1 Å². The van der Waals surface area contributed by atoms with Gasteiger partial charge in [0.1, 0.15) is 5.75 Å². The molecule has 1 aromatic rings. The van der Waals surface area contributed by atoms with Crippen molar-refractivity contribution in [2.45, 2.75) is 33.0 Å². The number of alkyl halides is 2. The van der Waals surface area contributed by atoms with E-state index in [4.69, 9.17) is 0 Å². The first-order chi connectivity index (χ1) is 13.3. The predicted molar refractivity (Wildman–Crippen MR) is 104 cm³/mol. The van der Waals surface area contributed by atoms with Crippen molar-refractivity contribution in [3.8, 4) is 5.75 Å². The van der Waals surface area contributed by atoms with Crippen molar-refractivity contribution in [2.24, 2.45) is 4.99 Å². The smallest absolute Gasteiger partial charge is 0.387 e. The Bertz CT molecular complexity index is 700. The first-order valence-corrected chi connectivity index (χ1v) is 10.6. The zero-order chi connectivity index (χ0) is 21.0. The van der Waals surface area contributed by atoms with Crippen LogP contribution in [-0.4, -0.2) is 58.0 Å². The molecule has 4 N–H and O–H groups in total. The highest BCUT2D eigenvalue weighted by Gasteiger charge is 2.10. The summed E-state index contributed by atoms with van der Waals surface area (Å²) < 4.78 is 53.7. The second kappa shape index (κ2) is 12.5. The van der Waals surface area contributed by atoms with E-state index < -0.39 is 22.7 Å². The minimum Gasteiger partial charge on any atom is -0.435 e. The van der Waals surface area contributed by atoms with Gasteiger partial charge in [0.05, 0.1) is 18.4 Å². The quantitative estimate of drug-likeness (QED) is 0.229. The third kappa shape index (κ3) is 9.81. The van der Waals surface area contributed by atoms with Gasteiger partial charge in [-0.15, -0.1) is 0 Å². The van der Waals surface area contributed by atoms with Gasteiger partial charge in [0.25, 0.3) is 0 Å². The molecule has 0 bridgehead atoms. The van der Waals surface area contributed by atoms with Crippen molar-refractivity contribution in [3.05, 3.63) is 29.8 Å². The summed E-state index contributed by atoms with van der Waals surface area (Å²) >= 11 is 0. The molecule has 28 heavy (non-hydrogen) atoms. The molecule has 0 aliphatic heterocycles. The van der Waals surface area contributed by atoms with Gasteiger partial charge in [0, 0.05) is 19.6 Å². The average Bonchev–Trinajstić information content (AvgIpc) is 2.65. The van der Waals surface area contributed by atoms with E-state index in [0.29, 0.717) is 37.6 Å². The number of aliphatic hydroxyl groups is 1. The van der Waals surface area contributed by atoms with Crippen LogP contribution in [0.5, 0.6) is 5.75 Å². The minimum atomic E-state index is -3.20. The number of aliphatic imine (C=N–C) groups is 1. The fourth-order valence-corrected chi connectivity index (χ4v) is 2.78. The van der Waals surface area contributed by atoms with Crippen LogP contribution in [0, 0.1) is 0 Å². The molecule has 0 fully saturated rings. The maximum absolute atomic E-state index is 12.2. The molecule has 0 amide bonds. The number of ether oxygens (including phenoxy) is 1. The van der Waals surface area contributed by atoms with Crippen LogP contribution in [0.4, 0.5) is 8.78 Å². The van der Waals surface area contributed by atoms with Gasteiger partial charge in [-0.1, -0.05) is 12.1 Å². The van der Waals surface area contributed by atoms with Gasteiger partial charge >= 0.3 is 6.61 Å². The lowest BCUT2D eigenvalue weighted by Crippen LogP contribution is -2.39. The number of nitrogens with zero attached hydrogens (tertiary/aromatic N) is 1. The molecule has 160 valence electrons. The summed E-state index contributed by atoms with van der Waals surface area (Å²) in [5.74, 6) is 0.540. The lowest BCUT2D eigenvalue weighted by molar-refractivity contribution is -0.0498. The van der Waals surface area contributed by atoms with E-state index in [9.17, 15) is 22.3 Å². The second-order valence-corrected chi connectivity index (χ2v) is 7.86. The van der Waals surface area contributed by atoms with Crippen LogP contribution in [0.1, 0.15) is 31.9 Å². The number of nitrogens with one attached hydrogen (secondary N) is 3. The number of benzene rings is 1. The Labute approximate surface area is 164 Å². The van der Waals surface area contributed by atoms with Crippen LogP contribution in [0.25, 0.3) is 0 Å². The van der Waals surface area contributed by atoms with Crippen LogP contribution in [0.15, 0.2) is 29.3 Å². The molecule has 0 aromatic heterocycles. The van der Waals surface area contributed by atoms with Crippen molar-refractivity contribution in [2.75, 3.05) is 31.9 Å². The Balaban J connectivity index is 2.49. The zero-order valence-electron chi connectivity index (χ0n) is 16.0. The summed E-state index contributed by atoms with van der Waals surface area (Å²) in [6, 6.07) is 5.71. The van der Waals surface area contributed by atoms with Crippen molar-refractivity contribution < 1.29 is 27.0 Å². The Morgan fingerprint density at radius 2 is 1.86 bits per heavy atom. The van der Waals surface area contributed by atoms with Gasteiger partial charge < -0.3 is 20.5 Å². The second-order valence-electron chi connectivity index (χ2n) is 5.76.